The Morgan fingerprint density at radius 1 is 1.04 bits per heavy atom. The number of ether oxygens (including phenoxy) is 1. The van der Waals surface area contributed by atoms with Crippen LogP contribution in [-0.4, -0.2) is 59.0 Å². The van der Waals surface area contributed by atoms with E-state index >= 15 is 0 Å². The highest BCUT2D eigenvalue weighted by Gasteiger charge is 2.21. The second-order valence-electron chi connectivity index (χ2n) is 5.14. The number of carbonyl (C=O) groups is 4. The maximum Gasteiger partial charge on any atom is 0.322 e. The summed E-state index contributed by atoms with van der Waals surface area (Å²) in [6.45, 7) is -0.782. The number of hydrogen-bond donors (Lipinski definition) is 4. The molecule has 0 spiro atoms. The third-order valence-corrected chi connectivity index (χ3v) is 3.72. The first kappa shape index (κ1) is 21.8. The maximum absolute atomic E-state index is 12.1. The van der Waals surface area contributed by atoms with Crippen molar-refractivity contribution < 1.29 is 29.0 Å². The van der Waals surface area contributed by atoms with Gasteiger partial charge in [0.1, 0.15) is 12.6 Å². The molecular formula is C16H20IN3O6. The Kier molecular flexibility index (Phi) is 10.2. The molecule has 1 unspecified atom stereocenters. The standard InChI is InChI=1S/C16H20IN3O6/c17-6-13(21)18-7-14(22)20-12(16(25)19-8-15(23)24)10-26-9-11-4-2-1-3-5-11/h1-5,12H,6-10H2,(H,18,21)(H,19,25)(H,20,22)(H,23,24). The van der Waals surface area contributed by atoms with Gasteiger partial charge in [0.25, 0.3) is 0 Å². The highest BCUT2D eigenvalue weighted by molar-refractivity contribution is 14.1. The topological polar surface area (TPSA) is 134 Å². The fraction of sp³-hybridized carbons (Fsp3) is 0.375. The van der Waals surface area contributed by atoms with E-state index in [2.05, 4.69) is 16.0 Å². The number of carboxylic acid groups (broad SMARTS) is 1. The molecule has 0 radical (unpaired) electrons. The van der Waals surface area contributed by atoms with Crippen molar-refractivity contribution in [2.24, 2.45) is 0 Å². The van der Waals surface area contributed by atoms with Crippen LogP contribution in [0, 0.1) is 0 Å². The summed E-state index contributed by atoms with van der Waals surface area (Å²) < 4.78 is 5.65. The second kappa shape index (κ2) is 12.2. The zero-order valence-corrected chi connectivity index (χ0v) is 16.0. The molecule has 0 aliphatic rings. The monoisotopic (exact) mass is 477 g/mol. The van der Waals surface area contributed by atoms with Gasteiger partial charge in [-0.15, -0.1) is 0 Å². The molecule has 0 bridgehead atoms. The van der Waals surface area contributed by atoms with Gasteiger partial charge in [-0.2, -0.15) is 0 Å². The largest absolute Gasteiger partial charge is 0.480 e. The Hall–Kier alpha value is -2.21. The summed E-state index contributed by atoms with van der Waals surface area (Å²) in [7, 11) is 0. The second-order valence-corrected chi connectivity index (χ2v) is 5.91. The van der Waals surface area contributed by atoms with Crippen LogP contribution in [0.3, 0.4) is 0 Å². The summed E-state index contributed by atoms with van der Waals surface area (Å²) >= 11 is 1.85. The number of halogens is 1. The summed E-state index contributed by atoms with van der Waals surface area (Å²) in [5.74, 6) is -2.79. The van der Waals surface area contributed by atoms with Crippen LogP contribution in [0.15, 0.2) is 30.3 Å². The molecule has 1 rings (SSSR count). The number of rotatable bonds is 11. The average Bonchev–Trinajstić information content (AvgIpc) is 2.64. The summed E-state index contributed by atoms with van der Waals surface area (Å²) in [4.78, 5) is 45.7. The van der Waals surface area contributed by atoms with Gasteiger partial charge in [-0.1, -0.05) is 52.9 Å². The van der Waals surface area contributed by atoms with E-state index in [0.717, 1.165) is 5.56 Å². The van der Waals surface area contributed by atoms with Gasteiger partial charge in [-0.3, -0.25) is 19.2 Å². The van der Waals surface area contributed by atoms with Crippen LogP contribution >= 0.6 is 22.6 Å². The number of aliphatic carboxylic acids is 1. The van der Waals surface area contributed by atoms with Crippen molar-refractivity contribution in [3.8, 4) is 0 Å². The molecule has 1 aromatic rings. The molecule has 0 saturated carbocycles. The minimum atomic E-state index is -1.21. The number of nitrogens with one attached hydrogen (secondary N) is 3. The van der Waals surface area contributed by atoms with E-state index in [4.69, 9.17) is 9.84 Å². The fourth-order valence-corrected chi connectivity index (χ4v) is 2.08. The molecule has 10 heteroatoms. The lowest BCUT2D eigenvalue weighted by Gasteiger charge is -2.18. The molecule has 0 saturated heterocycles. The number of alkyl halides is 1. The zero-order valence-electron chi connectivity index (χ0n) is 13.9. The number of carboxylic acids is 1. The van der Waals surface area contributed by atoms with Crippen molar-refractivity contribution in [3.63, 3.8) is 0 Å². The van der Waals surface area contributed by atoms with Gasteiger partial charge < -0.3 is 25.8 Å². The predicted octanol–water partition coefficient (Wildman–Crippen LogP) is -0.560. The Balaban J connectivity index is 2.56. The molecule has 1 aromatic carbocycles. The zero-order chi connectivity index (χ0) is 19.4. The summed E-state index contributed by atoms with van der Waals surface area (Å²) in [5.41, 5.74) is 0.887. The molecule has 142 valence electrons. The van der Waals surface area contributed by atoms with E-state index in [1.165, 1.54) is 0 Å². The Morgan fingerprint density at radius 3 is 2.35 bits per heavy atom. The van der Waals surface area contributed by atoms with Crippen molar-refractivity contribution in [1.29, 1.82) is 0 Å². The molecule has 0 heterocycles. The lowest BCUT2D eigenvalue weighted by Crippen LogP contribution is -2.52. The van der Waals surface area contributed by atoms with Gasteiger partial charge in [0.2, 0.25) is 17.7 Å². The number of carbonyl (C=O) groups excluding carboxylic acids is 3. The van der Waals surface area contributed by atoms with Crippen LogP contribution < -0.4 is 16.0 Å². The Bertz CT molecular complexity index is 626. The Labute approximate surface area is 164 Å². The first-order valence-electron chi connectivity index (χ1n) is 7.65. The Morgan fingerprint density at radius 2 is 1.73 bits per heavy atom. The molecule has 3 amide bonds. The van der Waals surface area contributed by atoms with E-state index in [1.54, 1.807) is 0 Å². The van der Waals surface area contributed by atoms with Gasteiger partial charge >= 0.3 is 5.97 Å². The molecule has 0 aliphatic carbocycles. The number of amides is 3. The number of benzene rings is 1. The van der Waals surface area contributed by atoms with Crippen LogP contribution in [0.1, 0.15) is 5.56 Å². The van der Waals surface area contributed by atoms with Gasteiger partial charge in [0.15, 0.2) is 0 Å². The molecule has 0 aromatic heterocycles. The minimum Gasteiger partial charge on any atom is -0.480 e. The van der Waals surface area contributed by atoms with E-state index in [9.17, 15) is 19.2 Å². The first-order chi connectivity index (χ1) is 12.4. The van der Waals surface area contributed by atoms with Crippen molar-refractivity contribution in [2.45, 2.75) is 12.6 Å². The maximum atomic E-state index is 12.1. The van der Waals surface area contributed by atoms with Crippen LogP contribution in [0.2, 0.25) is 0 Å². The van der Waals surface area contributed by atoms with Crippen molar-refractivity contribution >= 4 is 46.3 Å². The SMILES string of the molecule is O=C(O)CNC(=O)C(COCc1ccccc1)NC(=O)CNC(=O)CI. The highest BCUT2D eigenvalue weighted by atomic mass is 127. The minimum absolute atomic E-state index is 0.147. The molecule has 0 aliphatic heterocycles. The molecule has 4 N–H and O–H groups in total. The summed E-state index contributed by atoms with van der Waals surface area (Å²) in [6.07, 6.45) is 0. The lowest BCUT2D eigenvalue weighted by atomic mass is 10.2. The van der Waals surface area contributed by atoms with Gasteiger partial charge in [0, 0.05) is 0 Å². The van der Waals surface area contributed by atoms with Crippen molar-refractivity contribution in [1.82, 2.24) is 16.0 Å². The van der Waals surface area contributed by atoms with E-state index in [1.807, 2.05) is 52.9 Å². The molecule has 1 atom stereocenters. The lowest BCUT2D eigenvalue weighted by molar-refractivity contribution is -0.138. The first-order valence-corrected chi connectivity index (χ1v) is 9.18. The van der Waals surface area contributed by atoms with Crippen LogP contribution in [0.4, 0.5) is 0 Å². The normalized spacial score (nSPS) is 11.3. The van der Waals surface area contributed by atoms with Gasteiger partial charge in [0.05, 0.1) is 24.2 Å². The van der Waals surface area contributed by atoms with E-state index in [0.29, 0.717) is 0 Å². The van der Waals surface area contributed by atoms with Crippen molar-refractivity contribution in [2.75, 3.05) is 24.1 Å². The van der Waals surface area contributed by atoms with Gasteiger partial charge in [-0.25, -0.2) is 0 Å². The quantitative estimate of drug-likeness (QED) is 0.250. The predicted molar refractivity (Wildman–Crippen MR) is 101 cm³/mol. The van der Waals surface area contributed by atoms with E-state index < -0.39 is 30.4 Å². The summed E-state index contributed by atoms with van der Waals surface area (Å²) in [5, 5.41) is 15.6. The smallest absolute Gasteiger partial charge is 0.322 e. The molecule has 26 heavy (non-hydrogen) atoms. The van der Waals surface area contributed by atoms with Crippen LogP contribution in [0.25, 0.3) is 0 Å². The highest BCUT2D eigenvalue weighted by Crippen LogP contribution is 2.01. The molecule has 9 nitrogen and oxygen atoms in total. The number of hydrogen-bond acceptors (Lipinski definition) is 5. The van der Waals surface area contributed by atoms with Crippen molar-refractivity contribution in [3.05, 3.63) is 35.9 Å². The molecular weight excluding hydrogens is 457 g/mol. The third kappa shape index (κ3) is 9.32. The third-order valence-electron chi connectivity index (χ3n) is 3.03. The van der Waals surface area contributed by atoms with Crippen LogP contribution in [-0.2, 0) is 30.5 Å². The fourth-order valence-electron chi connectivity index (χ4n) is 1.81. The molecule has 0 fully saturated rings. The summed E-state index contributed by atoms with van der Waals surface area (Å²) in [6, 6.07) is 8.15. The van der Waals surface area contributed by atoms with Gasteiger partial charge in [-0.05, 0) is 5.56 Å². The van der Waals surface area contributed by atoms with E-state index in [-0.39, 0.29) is 30.1 Å². The van der Waals surface area contributed by atoms with Crippen LogP contribution in [0.5, 0.6) is 0 Å². The average molecular weight is 477 g/mol.